The lowest BCUT2D eigenvalue weighted by Gasteiger charge is -2.31. The fraction of sp³-hybridized carbons (Fsp3) is 0.103. The Bertz CT molecular complexity index is 1650. The molecule has 0 radical (unpaired) electrons. The number of nitrogens with one attached hydrogen (secondary N) is 1. The average Bonchev–Trinajstić information content (AvgIpc) is 3.48. The van der Waals surface area contributed by atoms with E-state index in [0.29, 0.717) is 5.69 Å². The zero-order valence-electron chi connectivity index (χ0n) is 20.3. The summed E-state index contributed by atoms with van der Waals surface area (Å²) in [7, 11) is 0. The zero-order valence-corrected chi connectivity index (χ0v) is 21.0. The second kappa shape index (κ2) is 9.46. The van der Waals surface area contributed by atoms with Gasteiger partial charge in [0.2, 0.25) is 0 Å². The molecule has 5 aromatic rings. The number of fused-ring (bicyclic) bond motifs is 3. The Hall–Kier alpha value is -4.43. The van der Waals surface area contributed by atoms with E-state index in [1.54, 1.807) is 17.0 Å². The van der Waals surface area contributed by atoms with Crippen LogP contribution in [0.2, 0.25) is 5.02 Å². The molecule has 0 fully saturated rings. The number of rotatable bonds is 3. The van der Waals surface area contributed by atoms with E-state index >= 15 is 0 Å². The van der Waals surface area contributed by atoms with Crippen molar-refractivity contribution in [3.8, 4) is 11.5 Å². The highest BCUT2D eigenvalue weighted by Gasteiger charge is 2.36. The summed E-state index contributed by atoms with van der Waals surface area (Å²) in [6.07, 6.45) is 1.94. The largest absolute Gasteiger partial charge is 0.322 e. The van der Waals surface area contributed by atoms with Crippen molar-refractivity contribution in [2.75, 3.05) is 5.32 Å². The van der Waals surface area contributed by atoms with Crippen molar-refractivity contribution in [2.24, 2.45) is 0 Å². The smallest absolute Gasteiger partial charge is 0.308 e. The molecule has 3 heterocycles. The molecule has 0 spiro atoms. The fourth-order valence-corrected chi connectivity index (χ4v) is 5.09. The Morgan fingerprint density at radius 1 is 1.00 bits per heavy atom. The summed E-state index contributed by atoms with van der Waals surface area (Å²) in [5.41, 5.74) is 4.42. The molecule has 3 aromatic carbocycles. The number of aryl methyl sites for hydroxylation is 1. The van der Waals surface area contributed by atoms with Crippen LogP contribution in [0.25, 0.3) is 11.5 Å². The molecule has 2 aromatic heterocycles. The van der Waals surface area contributed by atoms with E-state index in [2.05, 4.69) is 5.32 Å². The summed E-state index contributed by atoms with van der Waals surface area (Å²) >= 11 is 5.96. The van der Waals surface area contributed by atoms with Crippen LogP contribution < -0.4 is 5.32 Å². The molecule has 0 saturated heterocycles. The number of nitrogens with zero attached hydrogens (tertiary/aromatic N) is 4. The summed E-state index contributed by atoms with van der Waals surface area (Å²) < 4.78 is 31.5. The molecule has 0 unspecified atom stereocenters. The maximum absolute atomic E-state index is 13.9. The second-order valence-corrected chi connectivity index (χ2v) is 9.49. The highest BCUT2D eigenvalue weighted by Crippen LogP contribution is 2.39. The third-order valence-corrected chi connectivity index (χ3v) is 6.99. The number of para-hydroxylation sites is 1. The van der Waals surface area contributed by atoms with Gasteiger partial charge in [0.25, 0.3) is 0 Å². The van der Waals surface area contributed by atoms with Gasteiger partial charge in [0.1, 0.15) is 17.5 Å². The maximum Gasteiger partial charge on any atom is 0.322 e. The van der Waals surface area contributed by atoms with Crippen molar-refractivity contribution in [1.29, 1.82) is 0 Å². The third-order valence-electron chi connectivity index (χ3n) is 6.70. The SMILES string of the molecule is Cc1nn(-c2ccccc2)c2c1CN(C(=O)Nc1ccc(F)c(Cl)c1)[C@H](c1ccc(F)cc1)c1cccn1-2. The van der Waals surface area contributed by atoms with Crippen LogP contribution in [0.3, 0.4) is 0 Å². The molecule has 190 valence electrons. The second-order valence-electron chi connectivity index (χ2n) is 9.08. The predicted molar refractivity (Wildman–Crippen MR) is 142 cm³/mol. The molecule has 6 nitrogen and oxygen atoms in total. The van der Waals surface area contributed by atoms with Crippen LogP contribution in [-0.4, -0.2) is 25.3 Å². The monoisotopic (exact) mass is 529 g/mol. The Balaban J connectivity index is 1.52. The van der Waals surface area contributed by atoms with Gasteiger partial charge < -0.3 is 14.8 Å². The van der Waals surface area contributed by atoms with E-state index in [1.807, 2.05) is 64.8 Å². The number of aromatic nitrogens is 3. The van der Waals surface area contributed by atoms with Crippen LogP contribution in [0.1, 0.15) is 28.6 Å². The Morgan fingerprint density at radius 3 is 2.50 bits per heavy atom. The molecule has 0 aliphatic carbocycles. The van der Waals surface area contributed by atoms with Gasteiger partial charge in [-0.25, -0.2) is 18.3 Å². The van der Waals surface area contributed by atoms with Crippen molar-refractivity contribution in [3.63, 3.8) is 0 Å². The molecule has 2 amide bonds. The minimum atomic E-state index is -0.574. The first-order valence-corrected chi connectivity index (χ1v) is 12.4. The van der Waals surface area contributed by atoms with E-state index in [4.69, 9.17) is 16.7 Å². The van der Waals surface area contributed by atoms with Gasteiger partial charge in [-0.15, -0.1) is 0 Å². The average molecular weight is 530 g/mol. The third kappa shape index (κ3) is 4.13. The van der Waals surface area contributed by atoms with Gasteiger partial charge in [0.15, 0.2) is 0 Å². The number of urea groups is 1. The van der Waals surface area contributed by atoms with Gasteiger partial charge >= 0.3 is 6.03 Å². The summed E-state index contributed by atoms with van der Waals surface area (Å²) in [4.78, 5) is 15.5. The molecule has 0 saturated carbocycles. The highest BCUT2D eigenvalue weighted by atomic mass is 35.5. The summed E-state index contributed by atoms with van der Waals surface area (Å²) in [6, 6.07) is 22.8. The van der Waals surface area contributed by atoms with Gasteiger partial charge in [0.05, 0.1) is 34.7 Å². The molecule has 0 bridgehead atoms. The first-order valence-electron chi connectivity index (χ1n) is 12.0. The Labute approximate surface area is 222 Å². The lowest BCUT2D eigenvalue weighted by atomic mass is 10.0. The number of amides is 2. The minimum Gasteiger partial charge on any atom is -0.308 e. The molecule has 1 atom stereocenters. The van der Waals surface area contributed by atoms with E-state index in [0.717, 1.165) is 34.0 Å². The van der Waals surface area contributed by atoms with Gasteiger partial charge in [-0.3, -0.25) is 0 Å². The van der Waals surface area contributed by atoms with Crippen molar-refractivity contribution in [2.45, 2.75) is 19.5 Å². The van der Waals surface area contributed by atoms with Crippen molar-refractivity contribution in [3.05, 3.63) is 130 Å². The first-order chi connectivity index (χ1) is 18.4. The normalized spacial score (nSPS) is 14.5. The van der Waals surface area contributed by atoms with Crippen LogP contribution in [0.4, 0.5) is 19.3 Å². The number of halogens is 3. The van der Waals surface area contributed by atoms with Crippen molar-refractivity contribution < 1.29 is 13.6 Å². The van der Waals surface area contributed by atoms with Gasteiger partial charge in [-0.05, 0) is 67.1 Å². The molecule has 6 rings (SSSR count). The van der Waals surface area contributed by atoms with Gasteiger partial charge in [-0.1, -0.05) is 41.9 Å². The van der Waals surface area contributed by atoms with Crippen LogP contribution in [0.5, 0.6) is 0 Å². The Kier molecular flexibility index (Phi) is 5.96. The maximum atomic E-state index is 13.9. The number of carbonyl (C=O) groups is 1. The lowest BCUT2D eigenvalue weighted by molar-refractivity contribution is 0.194. The molecule has 1 aliphatic rings. The number of carbonyl (C=O) groups excluding carboxylic acids is 1. The van der Waals surface area contributed by atoms with Crippen LogP contribution in [0, 0.1) is 18.6 Å². The summed E-state index contributed by atoms with van der Waals surface area (Å²) in [5.74, 6) is -0.121. The summed E-state index contributed by atoms with van der Waals surface area (Å²) in [6.45, 7) is 2.13. The van der Waals surface area contributed by atoms with Crippen molar-refractivity contribution >= 4 is 23.3 Å². The molecular formula is C29H22ClF2N5O. The van der Waals surface area contributed by atoms with E-state index in [1.165, 1.54) is 30.3 Å². The first kappa shape index (κ1) is 23.9. The zero-order chi connectivity index (χ0) is 26.4. The van der Waals surface area contributed by atoms with Crippen molar-refractivity contribution in [1.82, 2.24) is 19.2 Å². The topological polar surface area (TPSA) is 55.1 Å². The van der Waals surface area contributed by atoms with E-state index in [-0.39, 0.29) is 17.4 Å². The standard InChI is InChI=1S/C29H22ClF2N5O/c1-18-23-17-36(29(38)33-21-13-14-25(32)24(30)16-21)27(19-9-11-20(31)12-10-19)26-8-5-15-35(26)28(23)37(34-18)22-6-3-2-4-7-22/h2-16,27H,17H2,1H3,(H,33,38)/t27-/m1/s1. The van der Waals surface area contributed by atoms with Gasteiger partial charge in [-0.2, -0.15) is 5.10 Å². The molecule has 38 heavy (non-hydrogen) atoms. The highest BCUT2D eigenvalue weighted by molar-refractivity contribution is 6.31. The van der Waals surface area contributed by atoms with E-state index in [9.17, 15) is 13.6 Å². The molecule has 9 heteroatoms. The molecule has 1 N–H and O–H groups in total. The predicted octanol–water partition coefficient (Wildman–Crippen LogP) is 7.04. The fourth-order valence-electron chi connectivity index (χ4n) is 4.91. The van der Waals surface area contributed by atoms with Crippen LogP contribution in [-0.2, 0) is 6.54 Å². The Morgan fingerprint density at radius 2 is 1.76 bits per heavy atom. The number of hydrogen-bond acceptors (Lipinski definition) is 2. The number of anilines is 1. The number of hydrogen-bond donors (Lipinski definition) is 1. The van der Waals surface area contributed by atoms with Gasteiger partial charge in [0, 0.05) is 17.4 Å². The number of benzene rings is 3. The molecule has 1 aliphatic heterocycles. The van der Waals surface area contributed by atoms with Crippen LogP contribution >= 0.6 is 11.6 Å². The van der Waals surface area contributed by atoms with E-state index < -0.39 is 17.9 Å². The van der Waals surface area contributed by atoms with Crippen LogP contribution in [0.15, 0.2) is 91.1 Å². The quantitative estimate of drug-likeness (QED) is 0.272. The molecular weight excluding hydrogens is 508 g/mol. The summed E-state index contributed by atoms with van der Waals surface area (Å²) in [5, 5.41) is 7.58. The lowest BCUT2D eigenvalue weighted by Crippen LogP contribution is -2.38. The minimum absolute atomic E-state index is 0.0927.